The van der Waals surface area contributed by atoms with Crippen LogP contribution in [0.1, 0.15) is 13.8 Å². The molecule has 0 aliphatic rings. The van der Waals surface area contributed by atoms with Crippen molar-refractivity contribution < 1.29 is 14.6 Å². The molecule has 1 N–H and O–H groups in total. The monoisotopic (exact) mass is 288 g/mol. The molecule has 2 rings (SSSR count). The summed E-state index contributed by atoms with van der Waals surface area (Å²) in [6.45, 7) is 3.33. The predicted octanol–water partition coefficient (Wildman–Crippen LogP) is 2.07. The number of fused-ring (bicyclic) bond motifs is 1. The van der Waals surface area contributed by atoms with Crippen molar-refractivity contribution in [3.63, 3.8) is 0 Å². The molecule has 21 heavy (non-hydrogen) atoms. The van der Waals surface area contributed by atoms with E-state index in [-0.39, 0.29) is 17.9 Å². The molecule has 0 amide bonds. The number of hydrogen-bond donors (Lipinski definition) is 1. The molecule has 1 heterocycles. The largest absolute Gasteiger partial charge is 0.512 e. The lowest BCUT2D eigenvalue weighted by Gasteiger charge is -2.03. The molecule has 1 aromatic carbocycles. The number of ether oxygens (including phenoxy) is 1. The number of aliphatic hydroxyl groups excluding tert-OH is 1. The molecule has 7 heteroatoms. The van der Waals surface area contributed by atoms with E-state index in [1.807, 2.05) is 6.07 Å². The van der Waals surface area contributed by atoms with E-state index in [4.69, 9.17) is 4.74 Å². The number of hydrogen-bond acceptors (Lipinski definition) is 6. The van der Waals surface area contributed by atoms with Gasteiger partial charge in [0.25, 0.3) is 0 Å². The second kappa shape index (κ2) is 6.17. The molecule has 0 aliphatic heterocycles. The zero-order chi connectivity index (χ0) is 15.4. The van der Waals surface area contributed by atoms with Crippen LogP contribution in [0.2, 0.25) is 0 Å². The van der Waals surface area contributed by atoms with Crippen molar-refractivity contribution in [1.29, 1.82) is 0 Å². The topological polar surface area (TPSA) is 89.6 Å². The van der Waals surface area contributed by atoms with Crippen LogP contribution < -0.4 is 0 Å². The van der Waals surface area contributed by atoms with Crippen LogP contribution in [0.4, 0.5) is 5.69 Å². The smallest absolute Gasteiger partial charge is 0.343 e. The van der Waals surface area contributed by atoms with Gasteiger partial charge in [-0.3, -0.25) is 4.99 Å². The van der Waals surface area contributed by atoms with E-state index in [1.54, 1.807) is 30.8 Å². The van der Waals surface area contributed by atoms with E-state index < -0.39 is 5.97 Å². The van der Waals surface area contributed by atoms with Crippen molar-refractivity contribution in [2.75, 3.05) is 6.61 Å². The van der Waals surface area contributed by atoms with Gasteiger partial charge in [-0.05, 0) is 32.0 Å². The van der Waals surface area contributed by atoms with Gasteiger partial charge in [0, 0.05) is 13.3 Å². The average molecular weight is 288 g/mol. The fraction of sp³-hybridized carbons (Fsp3) is 0.286. The first-order chi connectivity index (χ1) is 10.0. The number of nitrogens with zero attached hydrogens (tertiary/aromatic N) is 4. The van der Waals surface area contributed by atoms with E-state index in [2.05, 4.69) is 15.3 Å². The van der Waals surface area contributed by atoms with Gasteiger partial charge >= 0.3 is 5.97 Å². The standard InChI is InChI=1S/C14H16N4O3/c1-4-21-14(20)11(9(2)19)8-15-10-5-6-13-12(7-10)16-17-18(13)3/h5-8,19H,4H2,1-3H3/b11-9-,15-8?. The van der Waals surface area contributed by atoms with E-state index in [0.717, 1.165) is 5.52 Å². The maximum atomic E-state index is 11.7. The Bertz CT molecular complexity index is 727. The van der Waals surface area contributed by atoms with E-state index in [1.165, 1.54) is 13.1 Å². The molecule has 0 aliphatic carbocycles. The Hall–Kier alpha value is -2.70. The SMILES string of the molecule is CCOC(=O)/C(C=Nc1ccc2c(c1)nnn2C)=C(/C)O. The van der Waals surface area contributed by atoms with Gasteiger partial charge < -0.3 is 9.84 Å². The van der Waals surface area contributed by atoms with Crippen LogP contribution >= 0.6 is 0 Å². The van der Waals surface area contributed by atoms with Crippen molar-refractivity contribution >= 4 is 28.9 Å². The maximum absolute atomic E-state index is 11.7. The first-order valence-corrected chi connectivity index (χ1v) is 6.43. The number of carbonyl (C=O) groups is 1. The van der Waals surface area contributed by atoms with Crippen molar-refractivity contribution in [2.24, 2.45) is 12.0 Å². The van der Waals surface area contributed by atoms with Gasteiger partial charge in [0.05, 0.1) is 17.8 Å². The van der Waals surface area contributed by atoms with Gasteiger partial charge in [0.1, 0.15) is 16.8 Å². The van der Waals surface area contributed by atoms with Gasteiger partial charge in [-0.15, -0.1) is 5.10 Å². The van der Waals surface area contributed by atoms with Crippen LogP contribution in [0.15, 0.2) is 34.5 Å². The Balaban J connectivity index is 2.28. The minimum absolute atomic E-state index is 0.0242. The Kier molecular flexibility index (Phi) is 4.32. The predicted molar refractivity (Wildman–Crippen MR) is 78.6 cm³/mol. The average Bonchev–Trinajstić information content (AvgIpc) is 2.80. The van der Waals surface area contributed by atoms with Gasteiger partial charge in [-0.25, -0.2) is 9.48 Å². The minimum atomic E-state index is -0.609. The summed E-state index contributed by atoms with van der Waals surface area (Å²) in [5, 5.41) is 17.4. The molecule has 0 spiro atoms. The Morgan fingerprint density at radius 3 is 2.95 bits per heavy atom. The molecule has 0 unspecified atom stereocenters. The summed E-state index contributed by atoms with van der Waals surface area (Å²) in [7, 11) is 1.80. The maximum Gasteiger partial charge on any atom is 0.343 e. The summed E-state index contributed by atoms with van der Waals surface area (Å²) in [5.41, 5.74) is 2.21. The molecular formula is C14H16N4O3. The molecule has 0 bridgehead atoms. The third kappa shape index (κ3) is 3.25. The molecule has 0 fully saturated rings. The van der Waals surface area contributed by atoms with Crippen LogP contribution in [0.3, 0.4) is 0 Å². The number of aromatic nitrogens is 3. The van der Waals surface area contributed by atoms with Crippen LogP contribution in [0.5, 0.6) is 0 Å². The third-order valence-corrected chi connectivity index (χ3v) is 2.82. The zero-order valence-electron chi connectivity index (χ0n) is 12.1. The lowest BCUT2D eigenvalue weighted by Crippen LogP contribution is -2.10. The van der Waals surface area contributed by atoms with E-state index in [0.29, 0.717) is 11.2 Å². The highest BCUT2D eigenvalue weighted by molar-refractivity contribution is 6.10. The van der Waals surface area contributed by atoms with Crippen LogP contribution in [0.25, 0.3) is 11.0 Å². The minimum Gasteiger partial charge on any atom is -0.512 e. The quantitative estimate of drug-likeness (QED) is 0.402. The van der Waals surface area contributed by atoms with Crippen LogP contribution in [-0.2, 0) is 16.6 Å². The fourth-order valence-corrected chi connectivity index (χ4v) is 1.75. The van der Waals surface area contributed by atoms with Crippen LogP contribution in [-0.4, -0.2) is 38.9 Å². The number of esters is 1. The molecule has 0 saturated carbocycles. The molecule has 110 valence electrons. The van der Waals surface area contributed by atoms with E-state index >= 15 is 0 Å². The number of aryl methyl sites for hydroxylation is 1. The highest BCUT2D eigenvalue weighted by Crippen LogP contribution is 2.19. The molecule has 2 aromatic rings. The van der Waals surface area contributed by atoms with Crippen molar-refractivity contribution in [1.82, 2.24) is 15.0 Å². The highest BCUT2D eigenvalue weighted by atomic mass is 16.5. The number of benzene rings is 1. The highest BCUT2D eigenvalue weighted by Gasteiger charge is 2.12. The molecule has 0 radical (unpaired) electrons. The van der Waals surface area contributed by atoms with E-state index in [9.17, 15) is 9.90 Å². The van der Waals surface area contributed by atoms with Crippen molar-refractivity contribution in [2.45, 2.75) is 13.8 Å². The summed E-state index contributed by atoms with van der Waals surface area (Å²) < 4.78 is 6.51. The van der Waals surface area contributed by atoms with Crippen LogP contribution in [0, 0.1) is 0 Å². The summed E-state index contributed by atoms with van der Waals surface area (Å²) in [6, 6.07) is 5.35. The Labute approximate surface area is 121 Å². The van der Waals surface area contributed by atoms with Gasteiger partial charge in [-0.1, -0.05) is 5.21 Å². The van der Waals surface area contributed by atoms with Gasteiger partial charge in [0.15, 0.2) is 0 Å². The summed E-state index contributed by atoms with van der Waals surface area (Å²) in [6.07, 6.45) is 1.28. The Morgan fingerprint density at radius 1 is 1.52 bits per heavy atom. The molecule has 0 saturated heterocycles. The fourth-order valence-electron chi connectivity index (χ4n) is 1.75. The number of allylic oxidation sites excluding steroid dienone is 1. The number of aliphatic imine (C=N–C) groups is 1. The number of carbonyl (C=O) groups excluding carboxylic acids is 1. The second-order valence-corrected chi connectivity index (χ2v) is 4.36. The van der Waals surface area contributed by atoms with Crippen molar-refractivity contribution in [3.05, 3.63) is 29.5 Å². The summed E-state index contributed by atoms with van der Waals surface area (Å²) in [4.78, 5) is 15.8. The first kappa shape index (κ1) is 14.7. The zero-order valence-corrected chi connectivity index (χ0v) is 12.1. The second-order valence-electron chi connectivity index (χ2n) is 4.36. The number of rotatable bonds is 4. The lowest BCUT2D eigenvalue weighted by molar-refractivity contribution is -0.138. The lowest BCUT2D eigenvalue weighted by atomic mass is 10.2. The molecular weight excluding hydrogens is 272 g/mol. The summed E-state index contributed by atoms with van der Waals surface area (Å²) >= 11 is 0. The third-order valence-electron chi connectivity index (χ3n) is 2.82. The molecule has 7 nitrogen and oxygen atoms in total. The van der Waals surface area contributed by atoms with Crippen molar-refractivity contribution in [3.8, 4) is 0 Å². The first-order valence-electron chi connectivity index (χ1n) is 6.43. The van der Waals surface area contributed by atoms with Gasteiger partial charge in [0.2, 0.25) is 0 Å². The molecule has 1 aromatic heterocycles. The number of aliphatic hydroxyl groups is 1. The summed E-state index contributed by atoms with van der Waals surface area (Å²) in [5.74, 6) is -0.750. The molecule has 0 atom stereocenters. The normalized spacial score (nSPS) is 12.7. The Morgan fingerprint density at radius 2 is 2.29 bits per heavy atom. The van der Waals surface area contributed by atoms with Gasteiger partial charge in [-0.2, -0.15) is 0 Å².